The number of ether oxygens (including phenoxy) is 1. The van der Waals surface area contributed by atoms with Gasteiger partial charge in [-0.3, -0.25) is 81.5 Å². The van der Waals surface area contributed by atoms with Crippen molar-refractivity contribution in [3.63, 3.8) is 0 Å². The zero-order valence-electron chi connectivity index (χ0n) is 64.4. The number of amides is 17. The molecule has 17 amide bonds. The van der Waals surface area contributed by atoms with Crippen molar-refractivity contribution in [1.29, 1.82) is 0 Å². The number of esters is 1. The third-order valence-electron chi connectivity index (χ3n) is 16.5. The number of hydrogen-bond acceptors (Lipinski definition) is 21. The number of ketones is 1. The molecular formula is C68H108N20O19. The van der Waals surface area contributed by atoms with E-state index in [0.29, 0.717) is 16.9 Å². The lowest BCUT2D eigenvalue weighted by Crippen LogP contribution is -2.55. The van der Waals surface area contributed by atoms with Crippen molar-refractivity contribution < 1.29 is 91.0 Å². The van der Waals surface area contributed by atoms with E-state index >= 15 is 0 Å². The van der Waals surface area contributed by atoms with Crippen LogP contribution in [0.5, 0.6) is 0 Å². The molecule has 107 heavy (non-hydrogen) atoms. The quantitative estimate of drug-likeness (QED) is 0.0243. The van der Waals surface area contributed by atoms with Gasteiger partial charge in [-0.15, -0.1) is 5.10 Å². The van der Waals surface area contributed by atoms with Crippen LogP contribution in [0, 0.1) is 17.8 Å². The Hall–Kier alpha value is -11.2. The van der Waals surface area contributed by atoms with Gasteiger partial charge in [-0.1, -0.05) is 58.9 Å². The maximum Gasteiger partial charge on any atom is 0.312 e. The van der Waals surface area contributed by atoms with Crippen LogP contribution in [0.4, 0.5) is 10.5 Å². The highest BCUT2D eigenvalue weighted by molar-refractivity contribution is 5.99. The van der Waals surface area contributed by atoms with Gasteiger partial charge in [0.2, 0.25) is 88.6 Å². The van der Waals surface area contributed by atoms with E-state index < -0.39 is 178 Å². The molecule has 0 saturated heterocycles. The van der Waals surface area contributed by atoms with Gasteiger partial charge in [-0.2, -0.15) is 0 Å². The van der Waals surface area contributed by atoms with Gasteiger partial charge in [0.05, 0.1) is 83.1 Å². The van der Waals surface area contributed by atoms with Gasteiger partial charge in [0, 0.05) is 121 Å². The van der Waals surface area contributed by atoms with Gasteiger partial charge < -0.3 is 91.4 Å². The second-order valence-electron chi connectivity index (χ2n) is 27.1. The van der Waals surface area contributed by atoms with Gasteiger partial charge >= 0.3 is 12.0 Å². The van der Waals surface area contributed by atoms with E-state index in [1.54, 1.807) is 65.8 Å². The van der Waals surface area contributed by atoms with Crippen LogP contribution >= 0.6 is 0 Å². The maximum absolute atomic E-state index is 13.7. The highest BCUT2D eigenvalue weighted by atomic mass is 16.5. The number of benzene rings is 1. The first kappa shape index (κ1) is 91.9. The van der Waals surface area contributed by atoms with E-state index in [9.17, 15) is 86.3 Å². The lowest BCUT2D eigenvalue weighted by molar-refractivity contribution is -0.148. The summed E-state index contributed by atoms with van der Waals surface area (Å²) in [5.74, 6) is -10.8. The number of aromatic nitrogens is 3. The molecule has 39 nitrogen and oxygen atoms in total. The minimum absolute atomic E-state index is 0.0362. The van der Waals surface area contributed by atoms with Crippen molar-refractivity contribution in [1.82, 2.24) is 90.6 Å². The number of urea groups is 1. The summed E-state index contributed by atoms with van der Waals surface area (Å²) >= 11 is 0. The zero-order valence-corrected chi connectivity index (χ0v) is 64.4. The first-order valence-corrected chi connectivity index (χ1v) is 34.5. The third-order valence-corrected chi connectivity index (χ3v) is 16.5. The van der Waals surface area contributed by atoms with E-state index in [1.165, 1.54) is 88.3 Å². The summed E-state index contributed by atoms with van der Waals surface area (Å²) in [7, 11) is 13.2. The number of nitrogens with zero attached hydrogens (tertiary/aromatic N) is 13. The Labute approximate surface area is 622 Å². The normalized spacial score (nSPS) is 11.7. The summed E-state index contributed by atoms with van der Waals surface area (Å²) in [4.78, 5) is 242. The molecular weight excluding hydrogens is 1400 g/mol. The summed E-state index contributed by atoms with van der Waals surface area (Å²) < 4.78 is 6.47. The number of carbonyl (C=O) groups is 18. The summed E-state index contributed by atoms with van der Waals surface area (Å²) in [5, 5.41) is 23.7. The number of primary amides is 1. The second kappa shape index (κ2) is 45.2. The van der Waals surface area contributed by atoms with Crippen LogP contribution in [0.1, 0.15) is 85.4 Å². The second-order valence-corrected chi connectivity index (χ2v) is 27.1. The number of nitrogens with two attached hydrogens (primary N) is 1. The number of aryl methyl sites for hydroxylation is 1. The fourth-order valence-corrected chi connectivity index (χ4v) is 9.41. The molecule has 594 valence electrons. The fraction of sp³-hybridized carbons (Fsp3) is 0.618. The smallest absolute Gasteiger partial charge is 0.312 e. The Morgan fingerprint density at radius 2 is 0.869 bits per heavy atom. The van der Waals surface area contributed by atoms with E-state index in [1.807, 2.05) is 0 Å². The van der Waals surface area contributed by atoms with Crippen LogP contribution in [-0.2, 0) is 106 Å². The van der Waals surface area contributed by atoms with Crippen LogP contribution in [0.15, 0.2) is 30.5 Å². The largest absolute Gasteiger partial charge is 0.461 e. The molecule has 8 N–H and O–H groups in total. The van der Waals surface area contributed by atoms with Crippen molar-refractivity contribution in [2.75, 3.05) is 154 Å². The summed E-state index contributed by atoms with van der Waals surface area (Å²) in [5.41, 5.74) is 6.61. The first-order valence-electron chi connectivity index (χ1n) is 34.5. The standard InChI is InChI=1S/C68H108N20O19/c1-42(2)63(66(104)74-49(19-18-27-71-68(69)106)65(103)73-47-22-20-46(21-23-47)41-107-67(105)44(5)6)75-52(91)31-88-29-48(76-77-88)24-25-50(89)70-28-26-53(92)79(9)32-55(94)81(11)34-57(96)83(13)36-59(98)85(15)38-61(100)87(17)40-62(101)86(16)39-60(99)84(14)37-58(97)82(12)35-56(95)80(10)33-54(93)78(8)30-51(90)72-45(7)64(102)43(3)4/h20-23,29,42-45,49,63H,18-19,24-28,30-41H2,1-17H3,(H,70,89)(H,72,90)(H,73,103)(H,74,104)(H,75,91)(H3,69,71,106)/t45-,49-,63-/m0/s1. The molecule has 2 rings (SSSR count). The van der Waals surface area contributed by atoms with Crippen LogP contribution in [0.2, 0.25) is 0 Å². The van der Waals surface area contributed by atoms with E-state index in [2.05, 4.69) is 42.2 Å². The van der Waals surface area contributed by atoms with Crippen molar-refractivity contribution >= 4 is 112 Å². The average Bonchev–Trinajstić information content (AvgIpc) is 1.59. The minimum atomic E-state index is -1.11. The molecule has 1 heterocycles. The van der Waals surface area contributed by atoms with Gasteiger partial charge in [0.1, 0.15) is 25.2 Å². The Bertz CT molecular complexity index is 3490. The van der Waals surface area contributed by atoms with Crippen molar-refractivity contribution in [2.24, 2.45) is 23.5 Å². The minimum Gasteiger partial charge on any atom is -0.461 e. The molecule has 3 atom stereocenters. The molecule has 2 aromatic rings. The molecule has 0 aliphatic carbocycles. The van der Waals surface area contributed by atoms with Crippen LogP contribution in [0.3, 0.4) is 0 Å². The predicted octanol–water partition coefficient (Wildman–Crippen LogP) is -4.56. The number of likely N-dealkylation sites (N-methyl/N-ethyl adjacent to an activating group) is 10. The highest BCUT2D eigenvalue weighted by Crippen LogP contribution is 2.15. The lowest BCUT2D eigenvalue weighted by Gasteiger charge is -2.27. The Balaban J connectivity index is 1.78. The maximum atomic E-state index is 13.7. The summed E-state index contributed by atoms with van der Waals surface area (Å²) in [6.07, 6.45) is 1.59. The van der Waals surface area contributed by atoms with Crippen LogP contribution < -0.4 is 37.6 Å². The Morgan fingerprint density at radius 1 is 0.458 bits per heavy atom. The molecule has 0 aliphatic heterocycles. The predicted molar refractivity (Wildman–Crippen MR) is 385 cm³/mol. The molecule has 0 spiro atoms. The Morgan fingerprint density at radius 3 is 1.26 bits per heavy atom. The van der Waals surface area contributed by atoms with Crippen molar-refractivity contribution in [3.8, 4) is 0 Å². The number of anilines is 1. The molecule has 0 saturated carbocycles. The van der Waals surface area contributed by atoms with E-state index in [-0.39, 0.29) is 88.5 Å². The number of nitrogens with one attached hydrogen (secondary N) is 6. The molecule has 1 aromatic heterocycles. The highest BCUT2D eigenvalue weighted by Gasteiger charge is 2.31. The summed E-state index contributed by atoms with van der Waals surface area (Å²) in [6.45, 7) is 6.73. The molecule has 0 aliphatic rings. The lowest BCUT2D eigenvalue weighted by atomic mass is 10.0. The average molecular weight is 1510 g/mol. The number of hydrogen-bond donors (Lipinski definition) is 7. The summed E-state index contributed by atoms with van der Waals surface area (Å²) in [6, 6.07) is 2.81. The van der Waals surface area contributed by atoms with Crippen LogP contribution in [-0.4, -0.2) is 338 Å². The van der Waals surface area contributed by atoms with Gasteiger partial charge in [-0.25, -0.2) is 9.48 Å². The molecule has 1 aromatic carbocycles. The molecule has 39 heteroatoms. The number of carbonyl (C=O) groups excluding carboxylic acids is 18. The molecule has 0 fully saturated rings. The van der Waals surface area contributed by atoms with Gasteiger partial charge in [0.25, 0.3) is 0 Å². The molecule has 0 radical (unpaired) electrons. The topological polar surface area (TPSA) is 478 Å². The van der Waals surface area contributed by atoms with Gasteiger partial charge in [-0.05, 0) is 43.4 Å². The van der Waals surface area contributed by atoms with Crippen LogP contribution in [0.25, 0.3) is 0 Å². The van der Waals surface area contributed by atoms with Crippen molar-refractivity contribution in [3.05, 3.63) is 41.7 Å². The monoisotopic (exact) mass is 1510 g/mol. The fourth-order valence-electron chi connectivity index (χ4n) is 9.41. The SMILES string of the molecule is CC(C)C(=O)OCc1ccc(NC(=O)[C@H](CCCNC(N)=O)NC(=O)[C@@H](NC(=O)Cn2cc(CCC(=O)NCCC(=O)N(C)CC(=O)N(C)CC(=O)N(C)CC(=O)N(C)CC(=O)N(C)CC(=O)N(C)CC(=O)N(C)CC(=O)N(C)CC(=O)N(C)CC(=O)N(C)CC(=O)N[C@@H](C)C(=O)C(C)C)nn2)C(C)C)cc1. The third kappa shape index (κ3) is 34.1. The van der Waals surface area contributed by atoms with E-state index in [4.69, 9.17) is 10.5 Å². The zero-order chi connectivity index (χ0) is 81.3. The molecule has 0 bridgehead atoms. The van der Waals surface area contributed by atoms with Crippen molar-refractivity contribution in [2.45, 2.75) is 112 Å². The number of rotatable bonds is 44. The first-order chi connectivity index (χ1) is 49.9. The Kier molecular flexibility index (Phi) is 38.9. The van der Waals surface area contributed by atoms with Gasteiger partial charge in [0.15, 0.2) is 5.78 Å². The molecule has 0 unspecified atom stereocenters. The van der Waals surface area contributed by atoms with E-state index in [0.717, 1.165) is 49.0 Å². The number of Topliss-reactive ketones (excluding diaryl/α,β-unsaturated/α-hetero) is 1.